The fourth-order valence-electron chi connectivity index (χ4n) is 0.915. The number of nitrogens with zero attached hydrogens (tertiary/aromatic N) is 1. The fourth-order valence-corrected chi connectivity index (χ4v) is 0.915. The zero-order chi connectivity index (χ0) is 6.97. The second kappa shape index (κ2) is 1.73. The van der Waals surface area contributed by atoms with Gasteiger partial charge in [-0.15, -0.1) is 0 Å². The maximum Gasteiger partial charge on any atom is 0.248 e. The lowest BCUT2D eigenvalue weighted by molar-refractivity contribution is 1.15. The molecule has 1 radical (unpaired) electrons. The standard InChI is InChI=1S/C7H5N2O/c10-7-2-1-5-6(9-7)3-4-8-5/h1-4H,(H,9,10). The second-order valence-electron chi connectivity index (χ2n) is 2.07. The van der Waals surface area contributed by atoms with Crippen molar-refractivity contribution in [2.24, 2.45) is 0 Å². The molecule has 0 fully saturated rings. The van der Waals surface area contributed by atoms with Gasteiger partial charge in [-0.1, -0.05) is 0 Å². The van der Waals surface area contributed by atoms with Crippen LogP contribution in [0.5, 0.6) is 0 Å². The summed E-state index contributed by atoms with van der Waals surface area (Å²) in [4.78, 5) is 13.3. The lowest BCUT2D eigenvalue weighted by Gasteiger charge is -1.92. The van der Waals surface area contributed by atoms with Crippen LogP contribution in [0.1, 0.15) is 5.69 Å². The van der Waals surface area contributed by atoms with Gasteiger partial charge in [0.15, 0.2) is 0 Å². The summed E-state index contributed by atoms with van der Waals surface area (Å²) in [5.41, 5.74) is 1.55. The Labute approximate surface area is 57.4 Å². The third-order valence-corrected chi connectivity index (χ3v) is 1.38. The van der Waals surface area contributed by atoms with Crippen LogP contribution in [0.15, 0.2) is 23.1 Å². The zero-order valence-corrected chi connectivity index (χ0v) is 5.16. The van der Waals surface area contributed by atoms with Gasteiger partial charge < -0.3 is 4.98 Å². The van der Waals surface area contributed by atoms with Crippen LogP contribution in [0.4, 0.5) is 5.69 Å². The van der Waals surface area contributed by atoms with Crippen molar-refractivity contribution in [3.05, 3.63) is 34.4 Å². The van der Waals surface area contributed by atoms with E-state index in [1.807, 2.05) is 0 Å². The molecule has 0 amide bonds. The van der Waals surface area contributed by atoms with Gasteiger partial charge in [0, 0.05) is 12.3 Å². The van der Waals surface area contributed by atoms with E-state index in [0.717, 1.165) is 11.4 Å². The van der Waals surface area contributed by atoms with Crippen LogP contribution in [0, 0.1) is 0 Å². The van der Waals surface area contributed by atoms with Crippen LogP contribution in [-0.2, 0) is 0 Å². The van der Waals surface area contributed by atoms with Gasteiger partial charge in [-0.05, 0) is 12.1 Å². The predicted octanol–water partition coefficient (Wildman–Crippen LogP) is 0.595. The number of rotatable bonds is 0. The van der Waals surface area contributed by atoms with Crippen LogP contribution >= 0.6 is 0 Å². The molecule has 0 aromatic carbocycles. The number of fused-ring (bicyclic) bond motifs is 1. The van der Waals surface area contributed by atoms with E-state index in [0.29, 0.717) is 0 Å². The topological polar surface area (TPSA) is 47.0 Å². The Morgan fingerprint density at radius 2 is 2.30 bits per heavy atom. The summed E-state index contributed by atoms with van der Waals surface area (Å²) >= 11 is 0. The van der Waals surface area contributed by atoms with Gasteiger partial charge in [0.25, 0.3) is 0 Å². The van der Waals surface area contributed by atoms with E-state index < -0.39 is 0 Å². The Bertz CT molecular complexity index is 338. The zero-order valence-electron chi connectivity index (χ0n) is 5.16. The highest BCUT2D eigenvalue weighted by Gasteiger charge is 2.04. The molecule has 2 heterocycles. The number of nitrogens with one attached hydrogen (secondary N) is 1. The van der Waals surface area contributed by atoms with Gasteiger partial charge in [0.05, 0.1) is 11.4 Å². The number of hydrogen-bond acceptors (Lipinski definition) is 1. The number of aromatic nitrogens is 1. The Morgan fingerprint density at radius 1 is 1.40 bits per heavy atom. The summed E-state index contributed by atoms with van der Waals surface area (Å²) in [6.45, 7) is 0. The van der Waals surface area contributed by atoms with E-state index in [1.165, 1.54) is 6.07 Å². The maximum atomic E-state index is 10.7. The number of H-pyrrole nitrogens is 1. The van der Waals surface area contributed by atoms with Crippen molar-refractivity contribution >= 4 is 11.8 Å². The summed E-state index contributed by atoms with van der Waals surface area (Å²) in [5.74, 6) is 0. The molecule has 0 bridgehead atoms. The van der Waals surface area contributed by atoms with Crippen LogP contribution in [-0.4, -0.2) is 4.98 Å². The molecule has 1 aromatic heterocycles. The molecule has 0 aliphatic carbocycles. The Hall–Kier alpha value is -1.51. The Balaban J connectivity index is 2.71. The van der Waals surface area contributed by atoms with Crippen molar-refractivity contribution in [3.63, 3.8) is 0 Å². The average molecular weight is 133 g/mol. The maximum absolute atomic E-state index is 10.7. The molecule has 2 rings (SSSR count). The molecule has 0 saturated heterocycles. The molecule has 1 aliphatic rings. The third kappa shape index (κ3) is 0.639. The predicted molar refractivity (Wildman–Crippen MR) is 37.9 cm³/mol. The van der Waals surface area contributed by atoms with Crippen LogP contribution in [0.2, 0.25) is 0 Å². The van der Waals surface area contributed by atoms with Gasteiger partial charge >= 0.3 is 0 Å². The van der Waals surface area contributed by atoms with Crippen molar-refractivity contribution < 1.29 is 0 Å². The van der Waals surface area contributed by atoms with Gasteiger partial charge in [-0.3, -0.25) is 10.1 Å². The van der Waals surface area contributed by atoms with E-state index in [4.69, 9.17) is 0 Å². The summed E-state index contributed by atoms with van der Waals surface area (Å²) in [6, 6.07) is 3.17. The van der Waals surface area contributed by atoms with Crippen molar-refractivity contribution in [1.29, 1.82) is 0 Å². The third-order valence-electron chi connectivity index (χ3n) is 1.38. The highest BCUT2D eigenvalue weighted by molar-refractivity contribution is 5.64. The first-order valence-electron chi connectivity index (χ1n) is 2.97. The first-order valence-corrected chi connectivity index (χ1v) is 2.97. The van der Waals surface area contributed by atoms with E-state index in [9.17, 15) is 4.79 Å². The normalized spacial score (nSPS) is 12.8. The van der Waals surface area contributed by atoms with Gasteiger partial charge in [0.1, 0.15) is 0 Å². The molecule has 0 unspecified atom stereocenters. The molecule has 0 atom stereocenters. The molecule has 0 spiro atoms. The first kappa shape index (κ1) is 5.29. The lowest BCUT2D eigenvalue weighted by atomic mass is 10.3. The SMILES string of the molecule is O=c1ccc2c([nH]1)C=C[N]2. The summed E-state index contributed by atoms with van der Waals surface area (Å²) in [6.07, 6.45) is 3.44. The second-order valence-corrected chi connectivity index (χ2v) is 2.07. The van der Waals surface area contributed by atoms with Crippen molar-refractivity contribution in [2.45, 2.75) is 0 Å². The number of aromatic amines is 1. The summed E-state index contributed by atoms with van der Waals surface area (Å²) < 4.78 is 0. The van der Waals surface area contributed by atoms with Crippen molar-refractivity contribution in [2.75, 3.05) is 0 Å². The van der Waals surface area contributed by atoms with Crippen LogP contribution in [0.25, 0.3) is 6.08 Å². The molecule has 49 valence electrons. The highest BCUT2D eigenvalue weighted by atomic mass is 16.1. The van der Waals surface area contributed by atoms with Crippen molar-refractivity contribution in [3.8, 4) is 0 Å². The van der Waals surface area contributed by atoms with Gasteiger partial charge in [-0.2, -0.15) is 0 Å². The minimum Gasteiger partial charge on any atom is -0.321 e. The lowest BCUT2D eigenvalue weighted by Crippen LogP contribution is -2.04. The number of pyridine rings is 1. The van der Waals surface area contributed by atoms with Gasteiger partial charge in [0.2, 0.25) is 5.56 Å². The van der Waals surface area contributed by atoms with Crippen LogP contribution < -0.4 is 10.9 Å². The molecule has 3 nitrogen and oxygen atoms in total. The molecular weight excluding hydrogens is 128 g/mol. The summed E-state index contributed by atoms with van der Waals surface area (Å²) in [5, 5.41) is 3.99. The molecule has 10 heavy (non-hydrogen) atoms. The fraction of sp³-hybridized carbons (Fsp3) is 0. The first-order chi connectivity index (χ1) is 4.86. The molecule has 1 N–H and O–H groups in total. The van der Waals surface area contributed by atoms with Crippen molar-refractivity contribution in [1.82, 2.24) is 10.3 Å². The summed E-state index contributed by atoms with van der Waals surface area (Å²) in [7, 11) is 0. The van der Waals surface area contributed by atoms with E-state index in [1.54, 1.807) is 18.3 Å². The van der Waals surface area contributed by atoms with E-state index >= 15 is 0 Å². The number of hydrogen-bond donors (Lipinski definition) is 1. The average Bonchev–Trinajstić information content (AvgIpc) is 2.33. The minimum atomic E-state index is -0.0829. The van der Waals surface area contributed by atoms with E-state index in [-0.39, 0.29) is 5.56 Å². The highest BCUT2D eigenvalue weighted by Crippen LogP contribution is 2.17. The molecule has 0 saturated carbocycles. The monoisotopic (exact) mass is 133 g/mol. The smallest absolute Gasteiger partial charge is 0.248 e. The molecule has 3 heteroatoms. The van der Waals surface area contributed by atoms with E-state index in [2.05, 4.69) is 10.3 Å². The molecule has 1 aliphatic heterocycles. The molecule has 1 aromatic rings. The Kier molecular flexibility index (Phi) is 0.917. The quantitative estimate of drug-likeness (QED) is 0.553. The Morgan fingerprint density at radius 3 is 3.20 bits per heavy atom. The molecular formula is C7H5N2O. The minimum absolute atomic E-state index is 0.0829. The van der Waals surface area contributed by atoms with Crippen LogP contribution in [0.3, 0.4) is 0 Å². The largest absolute Gasteiger partial charge is 0.321 e. The van der Waals surface area contributed by atoms with Gasteiger partial charge in [-0.25, -0.2) is 0 Å².